The van der Waals surface area contributed by atoms with E-state index in [0.29, 0.717) is 40.7 Å². The fourth-order valence-corrected chi connectivity index (χ4v) is 3.93. The summed E-state index contributed by atoms with van der Waals surface area (Å²) >= 11 is 6.11. The average Bonchev–Trinajstić information content (AvgIpc) is 2.85. The van der Waals surface area contributed by atoms with Crippen LogP contribution in [-0.4, -0.2) is 41.6 Å². The minimum absolute atomic E-state index is 0.0949. The Bertz CT molecular complexity index is 1200. The number of benzene rings is 3. The molecule has 0 bridgehead atoms. The van der Waals surface area contributed by atoms with Gasteiger partial charge in [0.25, 0.3) is 0 Å². The molecule has 3 aromatic rings. The number of nitrogens with zero attached hydrogens (tertiary/aromatic N) is 1. The molecular formula is C26H24ClN3O4. The Morgan fingerprint density at radius 1 is 0.971 bits per heavy atom. The van der Waals surface area contributed by atoms with Gasteiger partial charge in [0.05, 0.1) is 5.69 Å². The third-order valence-electron chi connectivity index (χ3n) is 5.51. The highest BCUT2D eigenvalue weighted by Gasteiger charge is 2.27. The van der Waals surface area contributed by atoms with Gasteiger partial charge < -0.3 is 20.7 Å². The number of hydrogen-bond acceptors (Lipinski definition) is 5. The topological polar surface area (TPSA) is 102 Å². The SMILES string of the molecule is N[C@H]1CCCN(C(=O)C(=O)Nc2cc(Cl)ccc2Oc2ccc(C(=O)c3ccccc3)cc2)C1. The van der Waals surface area contributed by atoms with Crippen LogP contribution in [0.2, 0.25) is 5.02 Å². The van der Waals surface area contributed by atoms with Gasteiger partial charge in [-0.3, -0.25) is 14.4 Å². The van der Waals surface area contributed by atoms with E-state index in [0.717, 1.165) is 12.8 Å². The van der Waals surface area contributed by atoms with Gasteiger partial charge in [-0.15, -0.1) is 0 Å². The quantitative estimate of drug-likeness (QED) is 0.422. The van der Waals surface area contributed by atoms with Crippen LogP contribution in [0.3, 0.4) is 0 Å². The minimum Gasteiger partial charge on any atom is -0.455 e. The molecular weight excluding hydrogens is 454 g/mol. The van der Waals surface area contributed by atoms with Gasteiger partial charge in [0.15, 0.2) is 11.5 Å². The molecule has 0 radical (unpaired) electrons. The molecule has 1 heterocycles. The molecule has 0 unspecified atom stereocenters. The number of carbonyl (C=O) groups excluding carboxylic acids is 3. The van der Waals surface area contributed by atoms with Gasteiger partial charge in [0.2, 0.25) is 0 Å². The molecule has 1 fully saturated rings. The largest absolute Gasteiger partial charge is 0.455 e. The van der Waals surface area contributed by atoms with E-state index >= 15 is 0 Å². The molecule has 34 heavy (non-hydrogen) atoms. The van der Waals surface area contributed by atoms with Crippen molar-refractivity contribution in [2.45, 2.75) is 18.9 Å². The number of rotatable bonds is 5. The summed E-state index contributed by atoms with van der Waals surface area (Å²) < 4.78 is 5.92. The summed E-state index contributed by atoms with van der Waals surface area (Å²) in [5.41, 5.74) is 7.30. The van der Waals surface area contributed by atoms with Crippen molar-refractivity contribution in [2.75, 3.05) is 18.4 Å². The van der Waals surface area contributed by atoms with Crippen LogP contribution >= 0.6 is 11.6 Å². The maximum absolute atomic E-state index is 12.6. The van der Waals surface area contributed by atoms with E-state index in [1.807, 2.05) is 18.2 Å². The molecule has 0 aliphatic carbocycles. The standard InChI is InChI=1S/C26H24ClN3O4/c27-19-10-13-23(22(15-19)29-25(32)26(33)30-14-4-7-20(28)16-30)34-21-11-8-18(9-12-21)24(31)17-5-2-1-3-6-17/h1-3,5-6,8-13,15,20H,4,7,14,16,28H2,(H,29,32)/t20-/m0/s1. The maximum atomic E-state index is 12.6. The Morgan fingerprint density at radius 3 is 2.38 bits per heavy atom. The fraction of sp³-hybridized carbons (Fsp3) is 0.192. The van der Waals surface area contributed by atoms with Crippen molar-refractivity contribution in [1.29, 1.82) is 0 Å². The average molecular weight is 478 g/mol. The normalized spacial score (nSPS) is 15.5. The van der Waals surface area contributed by atoms with Crippen molar-refractivity contribution >= 4 is 34.9 Å². The van der Waals surface area contributed by atoms with Crippen molar-refractivity contribution in [3.63, 3.8) is 0 Å². The summed E-state index contributed by atoms with van der Waals surface area (Å²) in [7, 11) is 0. The third-order valence-corrected chi connectivity index (χ3v) is 5.74. The molecule has 174 valence electrons. The minimum atomic E-state index is -0.787. The number of anilines is 1. The highest BCUT2D eigenvalue weighted by molar-refractivity contribution is 6.40. The molecule has 1 aliphatic rings. The summed E-state index contributed by atoms with van der Waals surface area (Å²) in [5.74, 6) is -0.767. The van der Waals surface area contributed by atoms with Gasteiger partial charge in [-0.05, 0) is 55.3 Å². The van der Waals surface area contributed by atoms with Crippen LogP contribution in [0.25, 0.3) is 0 Å². The molecule has 3 N–H and O–H groups in total. The lowest BCUT2D eigenvalue weighted by molar-refractivity contribution is -0.143. The second-order valence-corrected chi connectivity index (χ2v) is 8.51. The van der Waals surface area contributed by atoms with Crippen LogP contribution < -0.4 is 15.8 Å². The number of nitrogens with two attached hydrogens (primary N) is 1. The number of ether oxygens (including phenoxy) is 1. The first-order chi connectivity index (χ1) is 16.4. The van der Waals surface area contributed by atoms with Crippen LogP contribution in [0.5, 0.6) is 11.5 Å². The molecule has 1 saturated heterocycles. The van der Waals surface area contributed by atoms with Gasteiger partial charge in [-0.1, -0.05) is 41.9 Å². The van der Waals surface area contributed by atoms with Crippen molar-refractivity contribution in [3.8, 4) is 11.5 Å². The van der Waals surface area contributed by atoms with Gasteiger partial charge >= 0.3 is 11.8 Å². The Morgan fingerprint density at radius 2 is 1.68 bits per heavy atom. The smallest absolute Gasteiger partial charge is 0.314 e. The molecule has 2 amide bonds. The van der Waals surface area contributed by atoms with Crippen molar-refractivity contribution in [3.05, 3.63) is 88.9 Å². The lowest BCUT2D eigenvalue weighted by Crippen LogP contribution is -2.49. The summed E-state index contributed by atoms with van der Waals surface area (Å²) in [6.45, 7) is 0.839. The third kappa shape index (κ3) is 5.62. The lowest BCUT2D eigenvalue weighted by atomic mass is 10.0. The number of ketones is 1. The summed E-state index contributed by atoms with van der Waals surface area (Å²) in [4.78, 5) is 39.2. The Kier molecular flexibility index (Phi) is 7.25. The van der Waals surface area contributed by atoms with Crippen LogP contribution in [0.1, 0.15) is 28.8 Å². The summed E-state index contributed by atoms with van der Waals surface area (Å²) in [5, 5.41) is 2.97. The summed E-state index contributed by atoms with van der Waals surface area (Å²) in [6, 6.07) is 20.2. The van der Waals surface area contributed by atoms with Crippen molar-refractivity contribution in [1.82, 2.24) is 4.90 Å². The summed E-state index contributed by atoms with van der Waals surface area (Å²) in [6.07, 6.45) is 1.59. The first-order valence-corrected chi connectivity index (χ1v) is 11.3. The zero-order chi connectivity index (χ0) is 24.1. The predicted molar refractivity (Wildman–Crippen MR) is 130 cm³/mol. The zero-order valence-electron chi connectivity index (χ0n) is 18.4. The first kappa shape index (κ1) is 23.5. The van der Waals surface area contributed by atoms with Gasteiger partial charge in [-0.25, -0.2) is 0 Å². The molecule has 0 aromatic heterocycles. The van der Waals surface area contributed by atoms with E-state index in [4.69, 9.17) is 22.1 Å². The van der Waals surface area contributed by atoms with E-state index in [2.05, 4.69) is 5.32 Å². The van der Waals surface area contributed by atoms with Crippen LogP contribution in [-0.2, 0) is 9.59 Å². The van der Waals surface area contributed by atoms with Crippen LogP contribution in [0, 0.1) is 0 Å². The van der Waals surface area contributed by atoms with Gasteiger partial charge in [0, 0.05) is 35.3 Å². The number of piperidine rings is 1. The number of hydrogen-bond donors (Lipinski definition) is 2. The number of likely N-dealkylation sites (tertiary alicyclic amines) is 1. The fourth-order valence-electron chi connectivity index (χ4n) is 3.76. The maximum Gasteiger partial charge on any atom is 0.314 e. The molecule has 3 aromatic carbocycles. The van der Waals surface area contributed by atoms with Gasteiger partial charge in [-0.2, -0.15) is 0 Å². The van der Waals surface area contributed by atoms with E-state index in [9.17, 15) is 14.4 Å². The molecule has 1 atom stereocenters. The number of halogens is 1. The Balaban J connectivity index is 1.47. The number of nitrogens with one attached hydrogen (secondary N) is 1. The lowest BCUT2D eigenvalue weighted by Gasteiger charge is -2.30. The molecule has 1 aliphatic heterocycles. The first-order valence-electron chi connectivity index (χ1n) is 10.9. The predicted octanol–water partition coefficient (Wildman–Crippen LogP) is 4.25. The second kappa shape index (κ2) is 10.5. The molecule has 4 rings (SSSR count). The highest BCUT2D eigenvalue weighted by Crippen LogP contribution is 2.32. The molecule has 0 spiro atoms. The molecule has 8 heteroatoms. The van der Waals surface area contributed by atoms with E-state index in [-0.39, 0.29) is 17.5 Å². The van der Waals surface area contributed by atoms with E-state index < -0.39 is 11.8 Å². The number of amides is 2. The van der Waals surface area contributed by atoms with E-state index in [1.54, 1.807) is 48.5 Å². The van der Waals surface area contributed by atoms with E-state index in [1.165, 1.54) is 11.0 Å². The van der Waals surface area contributed by atoms with Gasteiger partial charge in [0.1, 0.15) is 5.75 Å². The second-order valence-electron chi connectivity index (χ2n) is 8.07. The molecule has 7 nitrogen and oxygen atoms in total. The van der Waals surface area contributed by atoms with Crippen molar-refractivity contribution < 1.29 is 19.1 Å². The Hall–Kier alpha value is -3.68. The Labute approximate surface area is 202 Å². The van der Waals surface area contributed by atoms with Crippen LogP contribution in [0.15, 0.2) is 72.8 Å². The molecule has 0 saturated carbocycles. The zero-order valence-corrected chi connectivity index (χ0v) is 19.1. The monoisotopic (exact) mass is 477 g/mol. The van der Waals surface area contributed by atoms with Crippen molar-refractivity contribution in [2.24, 2.45) is 5.73 Å². The number of carbonyl (C=O) groups is 3. The van der Waals surface area contributed by atoms with Crippen LogP contribution in [0.4, 0.5) is 5.69 Å². The highest BCUT2D eigenvalue weighted by atomic mass is 35.5.